The second kappa shape index (κ2) is 9.88. The van der Waals surface area contributed by atoms with Crippen LogP contribution in [0.2, 0.25) is 0 Å². The first-order valence-electron chi connectivity index (χ1n) is 10.4. The molecule has 1 aliphatic carbocycles. The number of carbonyl (C=O) groups excluding carboxylic acids is 2. The number of nitrogens with one attached hydrogen (secondary N) is 2. The van der Waals surface area contributed by atoms with Crippen molar-refractivity contribution >= 4 is 11.8 Å². The SMILES string of the molecule is C[C@@H]1CCCC[C@@H]1NC(=O)CN1CCC(NC(=O)Cc2ccccc2)CC1. The van der Waals surface area contributed by atoms with Crippen molar-refractivity contribution in [2.75, 3.05) is 19.6 Å². The second-order valence-electron chi connectivity index (χ2n) is 8.22. The highest BCUT2D eigenvalue weighted by Crippen LogP contribution is 2.23. The third-order valence-corrected chi connectivity index (χ3v) is 5.99. The molecule has 5 heteroatoms. The quantitative estimate of drug-likeness (QED) is 0.808. The maximum atomic E-state index is 12.4. The van der Waals surface area contributed by atoms with Crippen molar-refractivity contribution in [2.24, 2.45) is 5.92 Å². The van der Waals surface area contributed by atoms with Crippen LogP contribution >= 0.6 is 0 Å². The number of hydrogen-bond acceptors (Lipinski definition) is 3. The molecule has 148 valence electrons. The summed E-state index contributed by atoms with van der Waals surface area (Å²) in [5, 5.41) is 6.38. The van der Waals surface area contributed by atoms with E-state index in [1.807, 2.05) is 30.3 Å². The van der Waals surface area contributed by atoms with E-state index in [0.29, 0.717) is 24.9 Å². The summed E-state index contributed by atoms with van der Waals surface area (Å²) in [6.45, 7) is 4.45. The first-order valence-corrected chi connectivity index (χ1v) is 10.4. The van der Waals surface area contributed by atoms with E-state index in [1.165, 1.54) is 19.3 Å². The van der Waals surface area contributed by atoms with Crippen molar-refractivity contribution < 1.29 is 9.59 Å². The third-order valence-electron chi connectivity index (χ3n) is 5.99. The second-order valence-corrected chi connectivity index (χ2v) is 8.22. The van der Waals surface area contributed by atoms with E-state index in [4.69, 9.17) is 0 Å². The van der Waals surface area contributed by atoms with Gasteiger partial charge in [-0.2, -0.15) is 0 Å². The molecular weight excluding hydrogens is 338 g/mol. The molecule has 0 aromatic heterocycles. The molecule has 3 rings (SSSR count). The molecule has 1 aliphatic heterocycles. The summed E-state index contributed by atoms with van der Waals surface area (Å²) in [5.41, 5.74) is 1.04. The lowest BCUT2D eigenvalue weighted by atomic mass is 9.86. The van der Waals surface area contributed by atoms with Gasteiger partial charge in [0.05, 0.1) is 13.0 Å². The van der Waals surface area contributed by atoms with Crippen LogP contribution in [0, 0.1) is 5.92 Å². The lowest BCUT2D eigenvalue weighted by Crippen LogP contribution is -2.49. The number of benzene rings is 1. The molecule has 1 aromatic rings. The number of hydrogen-bond donors (Lipinski definition) is 2. The maximum Gasteiger partial charge on any atom is 0.234 e. The van der Waals surface area contributed by atoms with Crippen molar-refractivity contribution in [2.45, 2.75) is 64.0 Å². The van der Waals surface area contributed by atoms with Gasteiger partial charge in [0.1, 0.15) is 0 Å². The zero-order chi connectivity index (χ0) is 19.1. The molecule has 1 heterocycles. The van der Waals surface area contributed by atoms with Gasteiger partial charge < -0.3 is 10.6 Å². The molecule has 2 atom stereocenters. The lowest BCUT2D eigenvalue weighted by Gasteiger charge is -2.33. The summed E-state index contributed by atoms with van der Waals surface area (Å²) in [7, 11) is 0. The zero-order valence-corrected chi connectivity index (χ0v) is 16.5. The van der Waals surface area contributed by atoms with Crippen molar-refractivity contribution in [3.8, 4) is 0 Å². The van der Waals surface area contributed by atoms with Crippen molar-refractivity contribution in [3.63, 3.8) is 0 Å². The van der Waals surface area contributed by atoms with Gasteiger partial charge in [-0.05, 0) is 37.2 Å². The molecule has 0 bridgehead atoms. The molecular formula is C22H33N3O2. The molecule has 2 N–H and O–H groups in total. The van der Waals surface area contributed by atoms with E-state index < -0.39 is 0 Å². The minimum absolute atomic E-state index is 0.0867. The Bertz CT molecular complexity index is 611. The molecule has 0 radical (unpaired) electrons. The van der Waals surface area contributed by atoms with Crippen LogP contribution in [0.15, 0.2) is 30.3 Å². The third kappa shape index (κ3) is 6.35. The molecule has 1 saturated heterocycles. The predicted octanol–water partition coefficient (Wildman–Crippen LogP) is 2.50. The topological polar surface area (TPSA) is 61.4 Å². The van der Waals surface area contributed by atoms with Gasteiger partial charge in [0, 0.05) is 25.2 Å². The smallest absolute Gasteiger partial charge is 0.234 e. The Morgan fingerprint density at radius 2 is 1.67 bits per heavy atom. The maximum absolute atomic E-state index is 12.4. The minimum Gasteiger partial charge on any atom is -0.353 e. The summed E-state index contributed by atoms with van der Waals surface area (Å²) < 4.78 is 0. The molecule has 0 unspecified atom stereocenters. The number of likely N-dealkylation sites (tertiary alicyclic amines) is 1. The van der Waals surface area contributed by atoms with Gasteiger partial charge in [0.15, 0.2) is 0 Å². The molecule has 2 fully saturated rings. The fourth-order valence-electron chi connectivity index (χ4n) is 4.28. The van der Waals surface area contributed by atoms with Crippen LogP contribution in [0.3, 0.4) is 0 Å². The average molecular weight is 372 g/mol. The standard InChI is InChI=1S/C22H33N3O2/c1-17-7-5-6-10-20(17)24-22(27)16-25-13-11-19(12-14-25)23-21(26)15-18-8-3-2-4-9-18/h2-4,8-9,17,19-20H,5-7,10-16H2,1H3,(H,23,26)(H,24,27)/t17-,20+/m1/s1. The van der Waals surface area contributed by atoms with Gasteiger partial charge in [-0.1, -0.05) is 50.1 Å². The summed E-state index contributed by atoms with van der Waals surface area (Å²) >= 11 is 0. The highest BCUT2D eigenvalue weighted by Gasteiger charge is 2.25. The van der Waals surface area contributed by atoms with E-state index in [1.54, 1.807) is 0 Å². The number of nitrogens with zero attached hydrogens (tertiary/aromatic N) is 1. The first kappa shape index (κ1) is 19.9. The first-order chi connectivity index (χ1) is 13.1. The summed E-state index contributed by atoms with van der Waals surface area (Å²) in [4.78, 5) is 26.8. The monoisotopic (exact) mass is 371 g/mol. The van der Waals surface area contributed by atoms with Crippen LogP contribution < -0.4 is 10.6 Å². The number of rotatable bonds is 6. The number of amides is 2. The Morgan fingerprint density at radius 3 is 2.37 bits per heavy atom. The van der Waals surface area contributed by atoms with E-state index in [-0.39, 0.29) is 17.9 Å². The van der Waals surface area contributed by atoms with Crippen LogP contribution in [-0.4, -0.2) is 48.4 Å². The normalized spacial score (nSPS) is 24.3. The highest BCUT2D eigenvalue weighted by molar-refractivity contribution is 5.79. The van der Waals surface area contributed by atoms with Gasteiger partial charge >= 0.3 is 0 Å². The summed E-state index contributed by atoms with van der Waals surface area (Å²) in [6, 6.07) is 10.4. The average Bonchev–Trinajstić information content (AvgIpc) is 2.66. The largest absolute Gasteiger partial charge is 0.353 e. The summed E-state index contributed by atoms with van der Waals surface area (Å²) in [5.74, 6) is 0.831. The Hall–Kier alpha value is -1.88. The molecule has 2 amide bonds. The predicted molar refractivity (Wildman–Crippen MR) is 107 cm³/mol. The van der Waals surface area contributed by atoms with Crippen molar-refractivity contribution in [1.82, 2.24) is 15.5 Å². The van der Waals surface area contributed by atoms with Crippen LogP contribution in [0.4, 0.5) is 0 Å². The molecule has 0 spiro atoms. The number of piperidine rings is 1. The van der Waals surface area contributed by atoms with Gasteiger partial charge in [-0.25, -0.2) is 0 Å². The van der Waals surface area contributed by atoms with E-state index >= 15 is 0 Å². The molecule has 27 heavy (non-hydrogen) atoms. The van der Waals surface area contributed by atoms with E-state index in [0.717, 1.165) is 37.9 Å². The van der Waals surface area contributed by atoms with Gasteiger partial charge in [-0.15, -0.1) is 0 Å². The Kier molecular flexibility index (Phi) is 7.27. The Labute approximate surface area is 162 Å². The van der Waals surface area contributed by atoms with Crippen molar-refractivity contribution in [3.05, 3.63) is 35.9 Å². The fraction of sp³-hybridized carbons (Fsp3) is 0.636. The van der Waals surface area contributed by atoms with Crippen LogP contribution in [0.1, 0.15) is 51.0 Å². The van der Waals surface area contributed by atoms with Crippen LogP contribution in [-0.2, 0) is 16.0 Å². The molecule has 2 aliphatic rings. The lowest BCUT2D eigenvalue weighted by molar-refractivity contribution is -0.124. The molecule has 5 nitrogen and oxygen atoms in total. The minimum atomic E-state index is 0.0867. The number of carbonyl (C=O) groups is 2. The van der Waals surface area contributed by atoms with Crippen LogP contribution in [0.25, 0.3) is 0 Å². The van der Waals surface area contributed by atoms with Gasteiger partial charge in [0.2, 0.25) is 11.8 Å². The fourth-order valence-corrected chi connectivity index (χ4v) is 4.28. The summed E-state index contributed by atoms with van der Waals surface area (Å²) in [6.07, 6.45) is 7.10. The van der Waals surface area contributed by atoms with Crippen LogP contribution in [0.5, 0.6) is 0 Å². The van der Waals surface area contributed by atoms with Gasteiger partial charge in [0.25, 0.3) is 0 Å². The zero-order valence-electron chi connectivity index (χ0n) is 16.5. The van der Waals surface area contributed by atoms with Crippen molar-refractivity contribution in [1.29, 1.82) is 0 Å². The molecule has 1 aromatic carbocycles. The van der Waals surface area contributed by atoms with E-state index in [2.05, 4.69) is 22.5 Å². The van der Waals surface area contributed by atoms with E-state index in [9.17, 15) is 9.59 Å². The highest BCUT2D eigenvalue weighted by atomic mass is 16.2. The Balaban J connectivity index is 1.34. The molecule has 1 saturated carbocycles. The Morgan fingerprint density at radius 1 is 0.963 bits per heavy atom. The van der Waals surface area contributed by atoms with Gasteiger partial charge in [-0.3, -0.25) is 14.5 Å².